The summed E-state index contributed by atoms with van der Waals surface area (Å²) >= 11 is 23.5. The lowest BCUT2D eigenvalue weighted by Gasteiger charge is -2.21. The molecule has 1 aliphatic heterocycles. The monoisotopic (exact) mass is 272 g/mol. The standard InChI is InChI=1S/C8H4Cl4O2/c9-3-4(10)6(12)8-7(5(3)11)13-1-2-14-8/h1-2H2. The highest BCUT2D eigenvalue weighted by atomic mass is 35.5. The number of benzene rings is 1. The molecule has 0 spiro atoms. The molecule has 0 radical (unpaired) electrons. The fourth-order valence-electron chi connectivity index (χ4n) is 1.14. The molecule has 1 aromatic carbocycles. The van der Waals surface area contributed by atoms with Crippen molar-refractivity contribution in [3.8, 4) is 11.5 Å². The van der Waals surface area contributed by atoms with Crippen molar-refractivity contribution < 1.29 is 9.47 Å². The van der Waals surface area contributed by atoms with Crippen LogP contribution in [-0.2, 0) is 0 Å². The van der Waals surface area contributed by atoms with Gasteiger partial charge in [0.2, 0.25) is 0 Å². The molecule has 14 heavy (non-hydrogen) atoms. The summed E-state index contributed by atoms with van der Waals surface area (Å²) in [6, 6.07) is 0. The number of ether oxygens (including phenoxy) is 2. The average Bonchev–Trinajstić information content (AvgIpc) is 2.23. The molecular weight excluding hydrogens is 270 g/mol. The molecule has 6 heteroatoms. The topological polar surface area (TPSA) is 18.5 Å². The Morgan fingerprint density at radius 2 is 1.00 bits per heavy atom. The highest BCUT2D eigenvalue weighted by Gasteiger charge is 2.25. The number of halogens is 4. The third-order valence-electron chi connectivity index (χ3n) is 1.76. The first-order valence-corrected chi connectivity index (χ1v) is 5.25. The van der Waals surface area contributed by atoms with Crippen LogP contribution in [0.5, 0.6) is 11.5 Å². The van der Waals surface area contributed by atoms with Crippen molar-refractivity contribution in [1.82, 2.24) is 0 Å². The lowest BCUT2D eigenvalue weighted by molar-refractivity contribution is 0.172. The molecule has 1 aliphatic rings. The van der Waals surface area contributed by atoms with E-state index in [0.717, 1.165) is 0 Å². The second-order valence-corrected chi connectivity index (χ2v) is 4.12. The fourth-order valence-corrected chi connectivity index (χ4v) is 2.06. The molecule has 2 nitrogen and oxygen atoms in total. The van der Waals surface area contributed by atoms with Gasteiger partial charge in [-0.3, -0.25) is 0 Å². The number of fused-ring (bicyclic) bond motifs is 1. The van der Waals surface area contributed by atoms with E-state index in [-0.39, 0.29) is 20.1 Å². The van der Waals surface area contributed by atoms with Crippen LogP contribution in [0.1, 0.15) is 0 Å². The Bertz CT molecular complexity index is 355. The van der Waals surface area contributed by atoms with Crippen LogP contribution < -0.4 is 9.47 Å². The summed E-state index contributed by atoms with van der Waals surface area (Å²) in [5, 5.41) is 0.830. The Hall–Kier alpha value is -0.0200. The van der Waals surface area contributed by atoms with Crippen LogP contribution in [0.2, 0.25) is 20.1 Å². The predicted molar refractivity (Wildman–Crippen MR) is 57.5 cm³/mol. The molecule has 0 bridgehead atoms. The van der Waals surface area contributed by atoms with E-state index >= 15 is 0 Å². The molecule has 0 aliphatic carbocycles. The van der Waals surface area contributed by atoms with Gasteiger partial charge in [0.25, 0.3) is 0 Å². The van der Waals surface area contributed by atoms with Crippen molar-refractivity contribution in [2.45, 2.75) is 0 Å². The first-order valence-electron chi connectivity index (χ1n) is 3.74. The Labute approximate surface area is 101 Å². The molecule has 1 aromatic rings. The van der Waals surface area contributed by atoms with Crippen LogP contribution in [0, 0.1) is 0 Å². The summed E-state index contributed by atoms with van der Waals surface area (Å²) < 4.78 is 10.6. The molecule has 0 unspecified atom stereocenters. The van der Waals surface area contributed by atoms with Gasteiger partial charge in [-0.25, -0.2) is 0 Å². The fraction of sp³-hybridized carbons (Fsp3) is 0.250. The molecule has 0 amide bonds. The molecule has 0 saturated heterocycles. The van der Waals surface area contributed by atoms with E-state index in [1.807, 2.05) is 0 Å². The van der Waals surface area contributed by atoms with Crippen LogP contribution in [0.25, 0.3) is 0 Å². The van der Waals surface area contributed by atoms with E-state index in [1.165, 1.54) is 0 Å². The lowest BCUT2D eigenvalue weighted by atomic mass is 10.3. The third kappa shape index (κ3) is 1.50. The molecule has 0 fully saturated rings. The lowest BCUT2D eigenvalue weighted by Crippen LogP contribution is -2.16. The van der Waals surface area contributed by atoms with Crippen molar-refractivity contribution >= 4 is 46.4 Å². The minimum absolute atomic E-state index is 0.183. The van der Waals surface area contributed by atoms with E-state index in [9.17, 15) is 0 Å². The van der Waals surface area contributed by atoms with Crippen LogP contribution in [0.3, 0.4) is 0 Å². The summed E-state index contributed by atoms with van der Waals surface area (Å²) in [5.41, 5.74) is 0. The van der Waals surface area contributed by atoms with Crippen molar-refractivity contribution in [1.29, 1.82) is 0 Å². The van der Waals surface area contributed by atoms with E-state index in [2.05, 4.69) is 0 Å². The van der Waals surface area contributed by atoms with Gasteiger partial charge in [0.1, 0.15) is 23.3 Å². The van der Waals surface area contributed by atoms with Crippen LogP contribution in [0.15, 0.2) is 0 Å². The van der Waals surface area contributed by atoms with Crippen molar-refractivity contribution in [2.75, 3.05) is 13.2 Å². The zero-order valence-corrected chi connectivity index (χ0v) is 9.77. The predicted octanol–water partition coefficient (Wildman–Crippen LogP) is 4.07. The van der Waals surface area contributed by atoms with Crippen molar-refractivity contribution in [3.05, 3.63) is 20.1 Å². The molecule has 0 aromatic heterocycles. The smallest absolute Gasteiger partial charge is 0.183 e. The van der Waals surface area contributed by atoms with Crippen molar-refractivity contribution in [2.24, 2.45) is 0 Å². The third-order valence-corrected chi connectivity index (χ3v) is 3.53. The van der Waals surface area contributed by atoms with Gasteiger partial charge in [-0.2, -0.15) is 0 Å². The van der Waals surface area contributed by atoms with E-state index in [0.29, 0.717) is 24.7 Å². The second kappa shape index (κ2) is 3.86. The molecule has 0 saturated carbocycles. The zero-order chi connectivity index (χ0) is 10.3. The minimum atomic E-state index is 0.183. The largest absolute Gasteiger partial charge is 0.484 e. The van der Waals surface area contributed by atoms with Gasteiger partial charge in [0, 0.05) is 0 Å². The maximum absolute atomic E-state index is 5.91. The first kappa shape index (κ1) is 10.5. The maximum atomic E-state index is 5.91. The summed E-state index contributed by atoms with van der Waals surface area (Å²) in [6.07, 6.45) is 0. The molecule has 1 heterocycles. The molecular formula is C8H4Cl4O2. The molecule has 0 atom stereocenters. The molecule has 2 rings (SSSR count). The van der Waals surface area contributed by atoms with Gasteiger partial charge in [-0.15, -0.1) is 0 Å². The highest BCUT2D eigenvalue weighted by Crippen LogP contribution is 2.51. The molecule has 76 valence electrons. The van der Waals surface area contributed by atoms with Gasteiger partial charge in [-0.1, -0.05) is 46.4 Å². The average molecular weight is 274 g/mol. The number of rotatable bonds is 0. The van der Waals surface area contributed by atoms with Crippen LogP contribution >= 0.6 is 46.4 Å². The van der Waals surface area contributed by atoms with Crippen LogP contribution in [0.4, 0.5) is 0 Å². The van der Waals surface area contributed by atoms with Gasteiger partial charge >= 0.3 is 0 Å². The Kier molecular flexibility index (Phi) is 2.89. The Morgan fingerprint density at radius 1 is 0.643 bits per heavy atom. The SMILES string of the molecule is Clc1c(Cl)c(Cl)c2c(c1Cl)OCCO2. The number of hydrogen-bond donors (Lipinski definition) is 0. The van der Waals surface area contributed by atoms with Gasteiger partial charge in [0.05, 0.1) is 10.0 Å². The van der Waals surface area contributed by atoms with Crippen LogP contribution in [-0.4, -0.2) is 13.2 Å². The number of hydrogen-bond acceptors (Lipinski definition) is 2. The highest BCUT2D eigenvalue weighted by molar-refractivity contribution is 6.53. The summed E-state index contributed by atoms with van der Waals surface area (Å²) in [6.45, 7) is 0.835. The summed E-state index contributed by atoms with van der Waals surface area (Å²) in [7, 11) is 0. The zero-order valence-electron chi connectivity index (χ0n) is 6.74. The van der Waals surface area contributed by atoms with E-state index in [4.69, 9.17) is 55.9 Å². The second-order valence-electron chi connectivity index (χ2n) is 2.61. The Balaban J connectivity index is 2.71. The van der Waals surface area contributed by atoms with E-state index < -0.39 is 0 Å². The summed E-state index contributed by atoms with van der Waals surface area (Å²) in [5.74, 6) is 0.717. The summed E-state index contributed by atoms with van der Waals surface area (Å²) in [4.78, 5) is 0. The Morgan fingerprint density at radius 3 is 1.36 bits per heavy atom. The van der Waals surface area contributed by atoms with Crippen molar-refractivity contribution in [3.63, 3.8) is 0 Å². The minimum Gasteiger partial charge on any atom is -0.484 e. The van der Waals surface area contributed by atoms with Gasteiger partial charge < -0.3 is 9.47 Å². The van der Waals surface area contributed by atoms with E-state index in [1.54, 1.807) is 0 Å². The van der Waals surface area contributed by atoms with Gasteiger partial charge in [0.15, 0.2) is 11.5 Å². The normalized spacial score (nSPS) is 14.3. The van der Waals surface area contributed by atoms with Gasteiger partial charge in [-0.05, 0) is 0 Å². The maximum Gasteiger partial charge on any atom is 0.183 e. The molecule has 0 N–H and O–H groups in total. The first-order chi connectivity index (χ1) is 6.63. The quantitative estimate of drug-likeness (QED) is 0.524.